The highest BCUT2D eigenvalue weighted by molar-refractivity contribution is 5.93. The summed E-state index contributed by atoms with van der Waals surface area (Å²) in [7, 11) is 0. The third kappa shape index (κ3) is 3.23. The van der Waals surface area contributed by atoms with Gasteiger partial charge >= 0.3 is 6.03 Å². The zero-order valence-corrected chi connectivity index (χ0v) is 14.7. The summed E-state index contributed by atoms with van der Waals surface area (Å²) in [6.45, 7) is 1.93. The number of rotatable bonds is 4. The molecule has 2 fully saturated rings. The Balaban J connectivity index is 1.49. The highest BCUT2D eigenvalue weighted by Crippen LogP contribution is 2.41. The lowest BCUT2D eigenvalue weighted by atomic mass is 9.72. The Bertz CT molecular complexity index is 783. The van der Waals surface area contributed by atoms with Crippen LogP contribution in [-0.4, -0.2) is 24.1 Å². The van der Waals surface area contributed by atoms with Crippen molar-refractivity contribution >= 4 is 17.5 Å². The second-order valence-corrected chi connectivity index (χ2v) is 7.09. The Labute approximate surface area is 152 Å². The number of pyridine rings is 1. The van der Waals surface area contributed by atoms with Gasteiger partial charge in [0.15, 0.2) is 5.82 Å². The van der Waals surface area contributed by atoms with E-state index in [0.29, 0.717) is 0 Å². The molecule has 2 amide bonds. The molecule has 1 aliphatic heterocycles. The Kier molecular flexibility index (Phi) is 4.49. The number of carbonyl (C=O) groups excluding carboxylic acids is 1. The van der Waals surface area contributed by atoms with Crippen molar-refractivity contribution in [2.24, 2.45) is 0 Å². The van der Waals surface area contributed by atoms with E-state index in [-0.39, 0.29) is 11.8 Å². The summed E-state index contributed by atoms with van der Waals surface area (Å²) in [5.74, 6) is 0.558. The molecule has 1 aromatic heterocycles. The normalized spacial score (nSPS) is 18.3. The molecule has 1 saturated heterocycles. The first-order chi connectivity index (χ1) is 12.7. The lowest BCUT2D eigenvalue weighted by molar-refractivity contribution is 0.185. The first-order valence-corrected chi connectivity index (χ1v) is 9.21. The van der Waals surface area contributed by atoms with Crippen molar-refractivity contribution in [3.05, 3.63) is 54.0 Å². The van der Waals surface area contributed by atoms with Crippen LogP contribution in [0.4, 0.5) is 20.7 Å². The first-order valence-electron chi connectivity index (χ1n) is 9.21. The van der Waals surface area contributed by atoms with Crippen LogP contribution in [0.5, 0.6) is 0 Å². The summed E-state index contributed by atoms with van der Waals surface area (Å²) in [4.78, 5) is 19.3. The summed E-state index contributed by atoms with van der Waals surface area (Å²) < 4.78 is 13.2. The van der Waals surface area contributed by atoms with E-state index in [1.54, 1.807) is 18.3 Å². The molecule has 1 saturated carbocycles. The zero-order valence-electron chi connectivity index (χ0n) is 14.7. The van der Waals surface area contributed by atoms with Crippen LogP contribution in [0.1, 0.15) is 37.7 Å². The minimum atomic E-state index is -0.409. The molecule has 0 radical (unpaired) electrons. The number of amides is 2. The molecule has 2 N–H and O–H groups in total. The minimum Gasteiger partial charge on any atom is -0.355 e. The van der Waals surface area contributed by atoms with Crippen LogP contribution in [0, 0.1) is 5.82 Å². The summed E-state index contributed by atoms with van der Waals surface area (Å²) in [6, 6.07) is 9.87. The fraction of sp³-hybridized carbons (Fsp3) is 0.400. The smallest absolute Gasteiger partial charge is 0.320 e. The second kappa shape index (κ2) is 6.94. The van der Waals surface area contributed by atoms with Gasteiger partial charge < -0.3 is 15.5 Å². The Hall–Kier alpha value is -2.63. The van der Waals surface area contributed by atoms with Crippen molar-refractivity contribution in [1.82, 2.24) is 10.3 Å². The lowest BCUT2D eigenvalue weighted by Crippen LogP contribution is -2.52. The Morgan fingerprint density at radius 3 is 2.46 bits per heavy atom. The van der Waals surface area contributed by atoms with Crippen molar-refractivity contribution in [2.75, 3.05) is 23.3 Å². The molecule has 0 atom stereocenters. The number of nitrogens with zero attached hydrogens (tertiary/aromatic N) is 2. The van der Waals surface area contributed by atoms with E-state index in [4.69, 9.17) is 0 Å². The number of urea groups is 1. The number of halogens is 1. The van der Waals surface area contributed by atoms with E-state index in [0.717, 1.165) is 62.3 Å². The van der Waals surface area contributed by atoms with Gasteiger partial charge in [0.2, 0.25) is 0 Å². The number of anilines is 2. The molecule has 1 aromatic carbocycles. The van der Waals surface area contributed by atoms with E-state index >= 15 is 0 Å². The maximum absolute atomic E-state index is 13.2. The molecule has 2 heterocycles. The molecule has 0 spiro atoms. The van der Waals surface area contributed by atoms with Gasteiger partial charge in [-0.2, -0.15) is 0 Å². The molecular formula is C20H23FN4O. The third-order valence-corrected chi connectivity index (χ3v) is 5.40. The van der Waals surface area contributed by atoms with Gasteiger partial charge in [-0.15, -0.1) is 0 Å². The van der Waals surface area contributed by atoms with Crippen LogP contribution in [0.15, 0.2) is 42.6 Å². The van der Waals surface area contributed by atoms with E-state index < -0.39 is 5.54 Å². The molecule has 6 heteroatoms. The van der Waals surface area contributed by atoms with Crippen LogP contribution >= 0.6 is 0 Å². The number of hydrogen-bond donors (Lipinski definition) is 2. The summed E-state index contributed by atoms with van der Waals surface area (Å²) >= 11 is 0. The topological polar surface area (TPSA) is 57.3 Å². The number of hydrogen-bond acceptors (Lipinski definition) is 3. The van der Waals surface area contributed by atoms with Crippen LogP contribution < -0.4 is 15.5 Å². The van der Waals surface area contributed by atoms with Crippen molar-refractivity contribution in [3.63, 3.8) is 0 Å². The van der Waals surface area contributed by atoms with Crippen molar-refractivity contribution in [2.45, 2.75) is 37.6 Å². The molecule has 2 aromatic rings. The predicted molar refractivity (Wildman–Crippen MR) is 99.8 cm³/mol. The number of carbonyl (C=O) groups is 1. The highest BCUT2D eigenvalue weighted by atomic mass is 19.1. The average Bonchev–Trinajstić information content (AvgIpc) is 3.14. The molecule has 136 valence electrons. The van der Waals surface area contributed by atoms with Gasteiger partial charge in [0.1, 0.15) is 5.82 Å². The lowest BCUT2D eigenvalue weighted by Gasteiger charge is -2.43. The summed E-state index contributed by atoms with van der Waals surface area (Å²) in [5.41, 5.74) is 1.26. The predicted octanol–water partition coefficient (Wildman–Crippen LogP) is 4.02. The zero-order chi connectivity index (χ0) is 18.0. The molecule has 2 aliphatic rings. The van der Waals surface area contributed by atoms with Gasteiger partial charge in [0, 0.05) is 19.3 Å². The monoisotopic (exact) mass is 354 g/mol. The van der Waals surface area contributed by atoms with Gasteiger partial charge in [-0.1, -0.05) is 12.1 Å². The molecule has 0 unspecified atom stereocenters. The fourth-order valence-corrected chi connectivity index (χ4v) is 3.83. The number of aromatic nitrogens is 1. The number of benzene rings is 1. The van der Waals surface area contributed by atoms with E-state index in [1.165, 1.54) is 12.1 Å². The van der Waals surface area contributed by atoms with Crippen LogP contribution in [0.25, 0.3) is 0 Å². The fourth-order valence-electron chi connectivity index (χ4n) is 3.83. The van der Waals surface area contributed by atoms with Crippen molar-refractivity contribution in [1.29, 1.82) is 0 Å². The molecule has 1 aliphatic carbocycles. The van der Waals surface area contributed by atoms with Crippen LogP contribution in [-0.2, 0) is 5.54 Å². The Morgan fingerprint density at radius 2 is 1.81 bits per heavy atom. The van der Waals surface area contributed by atoms with Gasteiger partial charge in [-0.25, -0.2) is 14.2 Å². The van der Waals surface area contributed by atoms with E-state index in [2.05, 4.69) is 20.5 Å². The van der Waals surface area contributed by atoms with E-state index in [9.17, 15) is 9.18 Å². The molecule has 0 bridgehead atoms. The molecule has 26 heavy (non-hydrogen) atoms. The largest absolute Gasteiger partial charge is 0.355 e. The van der Waals surface area contributed by atoms with Crippen LogP contribution in [0.2, 0.25) is 0 Å². The standard InChI is InChI=1S/C20H23FN4O/c21-16-8-6-15(7-9-16)20(10-4-11-20)24-19(26)23-17-5-3-12-22-18(17)25-13-1-2-14-25/h3,5-9,12H,1-2,4,10-11,13-14H2,(H2,23,24,26). The van der Waals surface area contributed by atoms with Crippen LogP contribution in [0.3, 0.4) is 0 Å². The van der Waals surface area contributed by atoms with Gasteiger partial charge in [-0.05, 0) is 61.9 Å². The third-order valence-electron chi connectivity index (χ3n) is 5.40. The van der Waals surface area contributed by atoms with Crippen molar-refractivity contribution < 1.29 is 9.18 Å². The van der Waals surface area contributed by atoms with E-state index in [1.807, 2.05) is 12.1 Å². The van der Waals surface area contributed by atoms with Gasteiger partial charge in [0.05, 0.1) is 11.2 Å². The maximum atomic E-state index is 13.2. The first kappa shape index (κ1) is 16.8. The van der Waals surface area contributed by atoms with Crippen molar-refractivity contribution in [3.8, 4) is 0 Å². The van der Waals surface area contributed by atoms with Gasteiger partial charge in [0.25, 0.3) is 0 Å². The minimum absolute atomic E-state index is 0.248. The molecule has 4 rings (SSSR count). The summed E-state index contributed by atoms with van der Waals surface area (Å²) in [5, 5.41) is 6.08. The quantitative estimate of drug-likeness (QED) is 0.872. The van der Waals surface area contributed by atoms with Gasteiger partial charge in [-0.3, -0.25) is 0 Å². The highest BCUT2D eigenvalue weighted by Gasteiger charge is 2.40. The maximum Gasteiger partial charge on any atom is 0.320 e. The molecule has 5 nitrogen and oxygen atoms in total. The number of nitrogens with one attached hydrogen (secondary N) is 2. The summed E-state index contributed by atoms with van der Waals surface area (Å²) in [6.07, 6.45) is 6.81. The SMILES string of the molecule is O=C(Nc1cccnc1N1CCCC1)NC1(c2ccc(F)cc2)CCC1. The average molecular weight is 354 g/mol. The Morgan fingerprint density at radius 1 is 1.08 bits per heavy atom. The second-order valence-electron chi connectivity index (χ2n) is 7.09. The molecular weight excluding hydrogens is 331 g/mol.